The molecule has 0 N–H and O–H groups in total. The Morgan fingerprint density at radius 2 is 2.13 bits per heavy atom. The van der Waals surface area contributed by atoms with Crippen LogP contribution in [0.1, 0.15) is 33.1 Å². The fourth-order valence-corrected chi connectivity index (χ4v) is 0.912. The van der Waals surface area contributed by atoms with E-state index in [1.807, 2.05) is 6.92 Å². The van der Waals surface area contributed by atoms with Gasteiger partial charge in [0.15, 0.2) is 0 Å². The molecule has 0 fully saturated rings. The number of esters is 2. The minimum absolute atomic E-state index is 0.0866. The predicted molar refractivity (Wildman–Crippen MR) is 56.2 cm³/mol. The van der Waals surface area contributed by atoms with E-state index < -0.39 is 12.1 Å². The highest BCUT2D eigenvalue weighted by atomic mass is 16.6. The SMILES string of the molecule is C=CC(=O)OC(C)CC(=O)OCCCC. The van der Waals surface area contributed by atoms with Gasteiger partial charge < -0.3 is 9.47 Å². The van der Waals surface area contributed by atoms with Crippen molar-refractivity contribution >= 4 is 11.9 Å². The van der Waals surface area contributed by atoms with Crippen LogP contribution >= 0.6 is 0 Å². The van der Waals surface area contributed by atoms with Crippen molar-refractivity contribution in [2.24, 2.45) is 0 Å². The number of ether oxygens (including phenoxy) is 2. The van der Waals surface area contributed by atoms with Crippen LogP contribution in [0.25, 0.3) is 0 Å². The monoisotopic (exact) mass is 214 g/mol. The zero-order chi connectivity index (χ0) is 11.7. The zero-order valence-electron chi connectivity index (χ0n) is 9.32. The maximum Gasteiger partial charge on any atom is 0.330 e. The van der Waals surface area contributed by atoms with Gasteiger partial charge in [-0.2, -0.15) is 0 Å². The Morgan fingerprint density at radius 3 is 2.67 bits per heavy atom. The van der Waals surface area contributed by atoms with E-state index in [0.29, 0.717) is 6.61 Å². The maximum absolute atomic E-state index is 11.2. The molecule has 0 aromatic carbocycles. The molecule has 0 saturated carbocycles. The Hall–Kier alpha value is -1.32. The molecule has 1 atom stereocenters. The van der Waals surface area contributed by atoms with E-state index in [0.717, 1.165) is 18.9 Å². The molecular weight excluding hydrogens is 196 g/mol. The molecule has 0 spiro atoms. The Balaban J connectivity index is 3.66. The molecule has 0 saturated heterocycles. The molecule has 0 aromatic heterocycles. The number of carbonyl (C=O) groups excluding carboxylic acids is 2. The van der Waals surface area contributed by atoms with E-state index in [1.54, 1.807) is 6.92 Å². The molecule has 1 unspecified atom stereocenters. The lowest BCUT2D eigenvalue weighted by Crippen LogP contribution is -2.19. The normalized spacial score (nSPS) is 11.6. The van der Waals surface area contributed by atoms with Gasteiger partial charge in [0.1, 0.15) is 6.10 Å². The summed E-state index contributed by atoms with van der Waals surface area (Å²) in [5.41, 5.74) is 0. The summed E-state index contributed by atoms with van der Waals surface area (Å²) in [7, 11) is 0. The first-order chi connectivity index (χ1) is 7.10. The number of rotatable bonds is 7. The van der Waals surface area contributed by atoms with Crippen molar-refractivity contribution in [3.63, 3.8) is 0 Å². The first kappa shape index (κ1) is 13.7. The predicted octanol–water partition coefficient (Wildman–Crippen LogP) is 1.84. The summed E-state index contributed by atoms with van der Waals surface area (Å²) >= 11 is 0. The molecule has 86 valence electrons. The number of unbranched alkanes of at least 4 members (excludes halogenated alkanes) is 1. The van der Waals surface area contributed by atoms with Crippen molar-refractivity contribution in [3.8, 4) is 0 Å². The fraction of sp³-hybridized carbons (Fsp3) is 0.636. The van der Waals surface area contributed by atoms with Crippen LogP contribution < -0.4 is 0 Å². The molecule has 0 aliphatic carbocycles. The molecule has 0 heterocycles. The summed E-state index contributed by atoms with van der Waals surface area (Å²) in [4.78, 5) is 21.9. The van der Waals surface area contributed by atoms with Gasteiger partial charge in [0.2, 0.25) is 0 Å². The molecule has 4 heteroatoms. The highest BCUT2D eigenvalue weighted by Gasteiger charge is 2.12. The van der Waals surface area contributed by atoms with Crippen LogP contribution in [0, 0.1) is 0 Å². The van der Waals surface area contributed by atoms with Crippen molar-refractivity contribution in [2.75, 3.05) is 6.61 Å². The summed E-state index contributed by atoms with van der Waals surface area (Å²) in [6.07, 6.45) is 2.52. The van der Waals surface area contributed by atoms with Crippen LogP contribution in [0.2, 0.25) is 0 Å². The van der Waals surface area contributed by atoms with Crippen LogP contribution in [0.4, 0.5) is 0 Å². The molecule has 0 aromatic rings. The summed E-state index contributed by atoms with van der Waals surface area (Å²) in [5, 5.41) is 0. The Kier molecular flexibility index (Phi) is 7.32. The van der Waals surface area contributed by atoms with Gasteiger partial charge in [-0.05, 0) is 13.3 Å². The van der Waals surface area contributed by atoms with Gasteiger partial charge in [0.05, 0.1) is 13.0 Å². The van der Waals surface area contributed by atoms with Gasteiger partial charge in [0.25, 0.3) is 0 Å². The van der Waals surface area contributed by atoms with Crippen LogP contribution in [0.3, 0.4) is 0 Å². The lowest BCUT2D eigenvalue weighted by atomic mass is 10.3. The molecule has 15 heavy (non-hydrogen) atoms. The van der Waals surface area contributed by atoms with E-state index in [2.05, 4.69) is 6.58 Å². The van der Waals surface area contributed by atoms with Crippen molar-refractivity contribution in [1.29, 1.82) is 0 Å². The average Bonchev–Trinajstić information content (AvgIpc) is 2.17. The Morgan fingerprint density at radius 1 is 1.47 bits per heavy atom. The van der Waals surface area contributed by atoms with Gasteiger partial charge in [0, 0.05) is 6.08 Å². The van der Waals surface area contributed by atoms with E-state index >= 15 is 0 Å². The van der Waals surface area contributed by atoms with Crippen molar-refractivity contribution in [1.82, 2.24) is 0 Å². The van der Waals surface area contributed by atoms with Gasteiger partial charge in [-0.15, -0.1) is 0 Å². The second kappa shape index (κ2) is 8.03. The van der Waals surface area contributed by atoms with Crippen molar-refractivity contribution in [2.45, 2.75) is 39.2 Å². The van der Waals surface area contributed by atoms with E-state index in [9.17, 15) is 9.59 Å². The van der Waals surface area contributed by atoms with Gasteiger partial charge >= 0.3 is 11.9 Å². The average molecular weight is 214 g/mol. The summed E-state index contributed by atoms with van der Waals surface area (Å²) in [5.74, 6) is -0.864. The zero-order valence-corrected chi connectivity index (χ0v) is 9.32. The van der Waals surface area contributed by atoms with Crippen LogP contribution in [-0.2, 0) is 19.1 Å². The number of hydrogen-bond acceptors (Lipinski definition) is 4. The van der Waals surface area contributed by atoms with Gasteiger partial charge in [-0.1, -0.05) is 19.9 Å². The first-order valence-electron chi connectivity index (χ1n) is 5.08. The van der Waals surface area contributed by atoms with E-state index in [1.165, 1.54) is 0 Å². The Labute approximate surface area is 90.2 Å². The molecule has 4 nitrogen and oxygen atoms in total. The lowest BCUT2D eigenvalue weighted by Gasteiger charge is -2.11. The number of carbonyl (C=O) groups is 2. The molecule has 0 aliphatic heterocycles. The Bertz CT molecular complexity index is 223. The van der Waals surface area contributed by atoms with Gasteiger partial charge in [-0.25, -0.2) is 4.79 Å². The standard InChI is InChI=1S/C11H18O4/c1-4-6-7-14-11(13)8-9(3)15-10(12)5-2/h5,9H,2,4,6-8H2,1,3H3. The molecule has 0 radical (unpaired) electrons. The van der Waals surface area contributed by atoms with Crippen LogP contribution in [0.5, 0.6) is 0 Å². The smallest absolute Gasteiger partial charge is 0.330 e. The number of hydrogen-bond donors (Lipinski definition) is 0. The largest absolute Gasteiger partial charge is 0.466 e. The lowest BCUT2D eigenvalue weighted by molar-refractivity contribution is -0.151. The molecule has 0 bridgehead atoms. The minimum Gasteiger partial charge on any atom is -0.466 e. The van der Waals surface area contributed by atoms with Crippen molar-refractivity contribution in [3.05, 3.63) is 12.7 Å². The van der Waals surface area contributed by atoms with Crippen molar-refractivity contribution < 1.29 is 19.1 Å². The minimum atomic E-state index is -0.524. The molecule has 0 aliphatic rings. The molecule has 0 rings (SSSR count). The fourth-order valence-electron chi connectivity index (χ4n) is 0.912. The van der Waals surface area contributed by atoms with Gasteiger partial charge in [-0.3, -0.25) is 4.79 Å². The third kappa shape index (κ3) is 7.73. The highest BCUT2D eigenvalue weighted by Crippen LogP contribution is 2.01. The van der Waals surface area contributed by atoms with Crippen LogP contribution in [0.15, 0.2) is 12.7 Å². The second-order valence-corrected chi connectivity index (χ2v) is 3.23. The molecular formula is C11H18O4. The quantitative estimate of drug-likeness (QED) is 0.368. The summed E-state index contributed by atoms with van der Waals surface area (Å²) < 4.78 is 9.73. The van der Waals surface area contributed by atoms with E-state index in [-0.39, 0.29) is 12.4 Å². The molecule has 0 amide bonds. The maximum atomic E-state index is 11.2. The third-order valence-corrected chi connectivity index (χ3v) is 1.70. The summed E-state index contributed by atoms with van der Waals surface area (Å²) in [6.45, 7) is 7.35. The highest BCUT2D eigenvalue weighted by molar-refractivity contribution is 5.81. The third-order valence-electron chi connectivity index (χ3n) is 1.70. The van der Waals surface area contributed by atoms with E-state index in [4.69, 9.17) is 9.47 Å². The van der Waals surface area contributed by atoms with Crippen LogP contribution in [-0.4, -0.2) is 24.6 Å². The summed E-state index contributed by atoms with van der Waals surface area (Å²) in [6, 6.07) is 0. The first-order valence-corrected chi connectivity index (χ1v) is 5.08. The second-order valence-electron chi connectivity index (χ2n) is 3.23. The topological polar surface area (TPSA) is 52.6 Å².